The first-order chi connectivity index (χ1) is 1.41. The molecule has 0 fully saturated rings. The van der Waals surface area contributed by atoms with Gasteiger partial charge in [0.15, 0.2) is 0 Å². The van der Waals surface area contributed by atoms with E-state index < -0.39 is 0 Å². The molecule has 0 radical (unpaired) electrons. The molecule has 0 spiro atoms. The van der Waals surface area contributed by atoms with Crippen LogP contribution in [-0.4, -0.2) is 16.4 Å². The second-order valence-corrected chi connectivity index (χ2v) is 0.577. The molecule has 0 saturated carbocycles. The fourth-order valence-corrected chi connectivity index (χ4v) is 0. The summed E-state index contributed by atoms with van der Waals surface area (Å²) in [5.74, 6) is 0. The van der Waals surface area contributed by atoms with Crippen molar-refractivity contribution in [2.24, 2.45) is 0 Å². The SMILES string of the molecule is C[CH-]C.O.O.O.[Hf]. The van der Waals surface area contributed by atoms with Crippen molar-refractivity contribution in [3.05, 3.63) is 6.42 Å². The maximum atomic E-state index is 2.00. The fraction of sp³-hybridized carbons (Fsp3) is 0.667. The molecular weight excluding hydrogens is 263 g/mol. The summed E-state index contributed by atoms with van der Waals surface area (Å²) in [6, 6.07) is 0. The molecule has 0 heterocycles. The summed E-state index contributed by atoms with van der Waals surface area (Å²) in [6.45, 7) is 4.00. The predicted octanol–water partition coefficient (Wildman–Crippen LogP) is -1.25. The van der Waals surface area contributed by atoms with Gasteiger partial charge in [0.1, 0.15) is 0 Å². The van der Waals surface area contributed by atoms with Gasteiger partial charge in [0.25, 0.3) is 0 Å². The normalized spacial score (nSPS) is 2.57. The minimum absolute atomic E-state index is 0. The molecular formula is C3H13HfO3-. The summed E-state index contributed by atoms with van der Waals surface area (Å²) in [5, 5.41) is 0. The number of hydrogen-bond donors (Lipinski definition) is 0. The van der Waals surface area contributed by atoms with E-state index in [0.29, 0.717) is 0 Å². The zero-order valence-corrected chi connectivity index (χ0v) is 8.17. The zero-order valence-electron chi connectivity index (χ0n) is 4.58. The van der Waals surface area contributed by atoms with Crippen molar-refractivity contribution in [3.8, 4) is 0 Å². The van der Waals surface area contributed by atoms with Crippen molar-refractivity contribution in [1.29, 1.82) is 0 Å². The summed E-state index contributed by atoms with van der Waals surface area (Å²) in [4.78, 5) is 0. The molecule has 0 aliphatic carbocycles. The van der Waals surface area contributed by atoms with Crippen molar-refractivity contribution in [2.75, 3.05) is 0 Å². The summed E-state index contributed by atoms with van der Waals surface area (Å²) in [6.07, 6.45) is 2.00. The van der Waals surface area contributed by atoms with Crippen LogP contribution in [0.25, 0.3) is 0 Å². The van der Waals surface area contributed by atoms with Gasteiger partial charge in [-0.3, -0.25) is 0 Å². The maximum Gasteiger partial charge on any atom is 0 e. The number of rotatable bonds is 0. The molecule has 0 unspecified atom stereocenters. The first-order valence-electron chi connectivity index (χ1n) is 1.15. The molecule has 48 valence electrons. The van der Waals surface area contributed by atoms with Gasteiger partial charge in [-0.25, -0.2) is 0 Å². The van der Waals surface area contributed by atoms with Crippen LogP contribution in [0.5, 0.6) is 0 Å². The quantitative estimate of drug-likeness (QED) is 0.390. The van der Waals surface area contributed by atoms with E-state index in [1.165, 1.54) is 0 Å². The molecule has 0 aromatic heterocycles. The fourth-order valence-electron chi connectivity index (χ4n) is 0. The van der Waals surface area contributed by atoms with E-state index in [2.05, 4.69) is 0 Å². The van der Waals surface area contributed by atoms with Crippen molar-refractivity contribution >= 4 is 0 Å². The molecule has 0 aromatic rings. The first kappa shape index (κ1) is 46.7. The van der Waals surface area contributed by atoms with Gasteiger partial charge in [-0.05, 0) is 0 Å². The summed E-state index contributed by atoms with van der Waals surface area (Å²) >= 11 is 0. The first-order valence-corrected chi connectivity index (χ1v) is 1.15. The largest absolute Gasteiger partial charge is 0.412 e. The summed E-state index contributed by atoms with van der Waals surface area (Å²) in [7, 11) is 0. The molecule has 7 heavy (non-hydrogen) atoms. The van der Waals surface area contributed by atoms with Crippen LogP contribution in [0.4, 0.5) is 0 Å². The minimum atomic E-state index is 0. The Morgan fingerprint density at radius 3 is 0.857 bits per heavy atom. The second-order valence-electron chi connectivity index (χ2n) is 0.577. The third kappa shape index (κ3) is 271. The molecule has 0 aliphatic rings. The van der Waals surface area contributed by atoms with Crippen LogP contribution in [-0.2, 0) is 25.8 Å². The average molecular weight is 276 g/mol. The van der Waals surface area contributed by atoms with Gasteiger partial charge in [-0.15, -0.1) is 0 Å². The Morgan fingerprint density at radius 2 is 0.857 bits per heavy atom. The zero-order chi connectivity index (χ0) is 2.71. The van der Waals surface area contributed by atoms with Gasteiger partial charge >= 0.3 is 0 Å². The van der Waals surface area contributed by atoms with Crippen LogP contribution in [0.15, 0.2) is 0 Å². The standard InChI is InChI=1S/C3H7.Hf.3H2O/c1-3-2;;;;/h3H,1-2H3;;3*1H2/q-1;;;;. The Labute approximate surface area is 62.8 Å². The molecule has 0 atom stereocenters. The van der Waals surface area contributed by atoms with Gasteiger partial charge in [-0.1, -0.05) is 0 Å². The van der Waals surface area contributed by atoms with Crippen molar-refractivity contribution in [3.63, 3.8) is 0 Å². The van der Waals surface area contributed by atoms with E-state index in [9.17, 15) is 0 Å². The Morgan fingerprint density at radius 1 is 0.857 bits per heavy atom. The van der Waals surface area contributed by atoms with Gasteiger partial charge in [0, 0.05) is 25.8 Å². The van der Waals surface area contributed by atoms with E-state index in [1.54, 1.807) is 0 Å². The molecule has 3 nitrogen and oxygen atoms in total. The van der Waals surface area contributed by atoms with E-state index in [4.69, 9.17) is 0 Å². The average Bonchev–Trinajstić information content (AvgIpc) is 0.918. The van der Waals surface area contributed by atoms with Crippen LogP contribution in [0.2, 0.25) is 0 Å². The Bertz CT molecular complexity index is 10.1. The van der Waals surface area contributed by atoms with Gasteiger partial charge in [0.05, 0.1) is 0 Å². The van der Waals surface area contributed by atoms with Crippen LogP contribution >= 0.6 is 0 Å². The summed E-state index contributed by atoms with van der Waals surface area (Å²) in [5.41, 5.74) is 0. The van der Waals surface area contributed by atoms with Crippen molar-refractivity contribution in [1.82, 2.24) is 0 Å². The Balaban J connectivity index is -0.00000000333. The van der Waals surface area contributed by atoms with Crippen LogP contribution in [0.1, 0.15) is 13.8 Å². The topological polar surface area (TPSA) is 94.5 Å². The molecule has 0 amide bonds. The van der Waals surface area contributed by atoms with Crippen molar-refractivity contribution in [2.45, 2.75) is 13.8 Å². The molecule has 4 heteroatoms. The third-order valence-electron chi connectivity index (χ3n) is 0. The smallest absolute Gasteiger partial charge is 0 e. The maximum absolute atomic E-state index is 2.00. The molecule has 6 N–H and O–H groups in total. The molecule has 0 aromatic carbocycles. The van der Waals surface area contributed by atoms with Crippen LogP contribution < -0.4 is 0 Å². The van der Waals surface area contributed by atoms with Crippen LogP contribution in [0, 0.1) is 6.42 Å². The molecule has 0 saturated heterocycles. The molecule has 0 bridgehead atoms. The Kier molecular flexibility index (Phi) is 486. The molecule has 0 rings (SSSR count). The van der Waals surface area contributed by atoms with Crippen LogP contribution in [0.3, 0.4) is 0 Å². The third-order valence-corrected chi connectivity index (χ3v) is 0. The van der Waals surface area contributed by atoms with Gasteiger partial charge in [0.2, 0.25) is 0 Å². The predicted molar refractivity (Wildman–Crippen MR) is 26.5 cm³/mol. The van der Waals surface area contributed by atoms with Crippen molar-refractivity contribution < 1.29 is 42.3 Å². The van der Waals surface area contributed by atoms with E-state index in [-0.39, 0.29) is 42.3 Å². The number of hydrogen-bond acceptors (Lipinski definition) is 0. The van der Waals surface area contributed by atoms with E-state index in [0.717, 1.165) is 0 Å². The summed E-state index contributed by atoms with van der Waals surface area (Å²) < 4.78 is 0. The monoisotopic (exact) mass is 277 g/mol. The van der Waals surface area contributed by atoms with Gasteiger partial charge in [-0.2, -0.15) is 13.8 Å². The second kappa shape index (κ2) is 72.9. The minimum Gasteiger partial charge on any atom is -0.412 e. The van der Waals surface area contributed by atoms with E-state index >= 15 is 0 Å². The Hall–Kier alpha value is 0.750. The van der Waals surface area contributed by atoms with E-state index in [1.807, 2.05) is 20.3 Å². The molecule has 0 aliphatic heterocycles. The van der Waals surface area contributed by atoms with Gasteiger partial charge < -0.3 is 22.8 Å².